The molecule has 0 fully saturated rings. The van der Waals surface area contributed by atoms with Gasteiger partial charge in [-0.05, 0) is 24.1 Å². The molecule has 0 unspecified atom stereocenters. The van der Waals surface area contributed by atoms with Gasteiger partial charge in [0.25, 0.3) is 5.91 Å². The molecule has 1 amide bonds. The van der Waals surface area contributed by atoms with Crippen LogP contribution in [0.15, 0.2) is 41.7 Å². The maximum absolute atomic E-state index is 11.9. The first-order valence-electron chi connectivity index (χ1n) is 6.79. The number of aliphatic imine (C=N–C) groups is 1. The van der Waals surface area contributed by atoms with Crippen molar-refractivity contribution in [3.63, 3.8) is 0 Å². The Hall–Kier alpha value is -1.63. The number of aromatic nitrogens is 1. The molecular formula is C16H16BrCl2N3O2. The third-order valence-electron chi connectivity index (χ3n) is 3.26. The second-order valence-electron chi connectivity index (χ2n) is 4.79. The molecule has 1 heterocycles. The molecule has 0 atom stereocenters. The highest BCUT2D eigenvalue weighted by atomic mass is 79.9. The number of hydrogen-bond donors (Lipinski definition) is 1. The molecule has 24 heavy (non-hydrogen) atoms. The second kappa shape index (κ2) is 9.01. The summed E-state index contributed by atoms with van der Waals surface area (Å²) in [7, 11) is 2.93. The zero-order valence-corrected chi connectivity index (χ0v) is 16.3. The van der Waals surface area contributed by atoms with Crippen molar-refractivity contribution >= 4 is 52.0 Å². The minimum absolute atomic E-state index is 0. The summed E-state index contributed by atoms with van der Waals surface area (Å²) in [6, 6.07) is 6.72. The van der Waals surface area contributed by atoms with E-state index in [-0.39, 0.29) is 22.9 Å². The number of pyridine rings is 1. The average molecular weight is 433 g/mol. The molecule has 5 nitrogen and oxygen atoms in total. The molecule has 0 spiro atoms. The van der Waals surface area contributed by atoms with E-state index in [4.69, 9.17) is 23.2 Å². The smallest absolute Gasteiger partial charge is 0.257 e. The summed E-state index contributed by atoms with van der Waals surface area (Å²) in [6.45, 7) is 0.327. The zero-order valence-electron chi connectivity index (χ0n) is 13.0. The average Bonchev–Trinajstić information content (AvgIpc) is 2.56. The third kappa shape index (κ3) is 4.69. The van der Waals surface area contributed by atoms with E-state index in [2.05, 4.69) is 10.3 Å². The van der Waals surface area contributed by atoms with Crippen molar-refractivity contribution in [2.45, 2.75) is 6.54 Å². The van der Waals surface area contributed by atoms with Crippen molar-refractivity contribution < 1.29 is 14.5 Å². The van der Waals surface area contributed by atoms with Gasteiger partial charge in [-0.1, -0.05) is 29.3 Å². The monoisotopic (exact) mass is 431 g/mol. The highest BCUT2D eigenvalue weighted by Crippen LogP contribution is 2.23. The molecule has 0 aliphatic carbocycles. The number of carbonyl (C=O) groups is 1. The molecule has 128 valence electrons. The number of halogens is 3. The summed E-state index contributed by atoms with van der Waals surface area (Å²) in [5.74, 6) is -0.704. The van der Waals surface area contributed by atoms with Crippen LogP contribution < -0.4 is 15.0 Å². The molecule has 0 radical (unpaired) electrons. The Bertz CT molecular complexity index is 762. The third-order valence-corrected chi connectivity index (χ3v) is 3.97. The minimum Gasteiger partial charge on any atom is -0.858 e. The van der Waals surface area contributed by atoms with Crippen molar-refractivity contribution in [1.29, 1.82) is 0 Å². The summed E-state index contributed by atoms with van der Waals surface area (Å²) in [6.07, 6.45) is 3.24. The van der Waals surface area contributed by atoms with Crippen LogP contribution in [0, 0.1) is 0 Å². The van der Waals surface area contributed by atoms with E-state index in [0.717, 1.165) is 0 Å². The summed E-state index contributed by atoms with van der Waals surface area (Å²) in [5.41, 5.74) is 1.38. The molecule has 0 aliphatic rings. The molecule has 0 aliphatic heterocycles. The zero-order chi connectivity index (χ0) is 17.0. The van der Waals surface area contributed by atoms with Crippen LogP contribution in [0.4, 0.5) is 0 Å². The van der Waals surface area contributed by atoms with Gasteiger partial charge in [-0.25, -0.2) is 0 Å². The Morgan fingerprint density at radius 1 is 1.25 bits per heavy atom. The van der Waals surface area contributed by atoms with E-state index >= 15 is 0 Å². The molecule has 0 bridgehead atoms. The van der Waals surface area contributed by atoms with Crippen molar-refractivity contribution in [3.05, 3.63) is 63.4 Å². The predicted octanol–water partition coefficient (Wildman–Crippen LogP) is 2.00. The van der Waals surface area contributed by atoms with Gasteiger partial charge in [0.1, 0.15) is 5.56 Å². The number of nitrogens with zero attached hydrogens (tertiary/aromatic N) is 2. The standard InChI is InChI=1S/C16H15Cl2N3O2.BrH/c1-19-15(22)10-6-11(16(23)20-2)8-21(7-10)9-12-13(17)4-3-5-14(12)18;/h3-8H,9H2,1-2H3,(H-,19,20,22,23);1H. The van der Waals surface area contributed by atoms with Crippen LogP contribution in [0.25, 0.3) is 0 Å². The Balaban J connectivity index is 0.00000288. The van der Waals surface area contributed by atoms with Gasteiger partial charge >= 0.3 is 0 Å². The van der Waals surface area contributed by atoms with E-state index in [9.17, 15) is 9.90 Å². The molecule has 1 N–H and O–H groups in total. The quantitative estimate of drug-likeness (QED) is 0.456. The SMILES string of the molecule is Br.CN=C([O-])c1cc(C(=O)NC)c[n+](Cc2c(Cl)cccc2Cl)c1. The molecule has 2 aromatic rings. The van der Waals surface area contributed by atoms with Crippen molar-refractivity contribution in [2.75, 3.05) is 14.1 Å². The van der Waals surface area contributed by atoms with E-state index < -0.39 is 5.90 Å². The lowest BCUT2D eigenvalue weighted by Crippen LogP contribution is -2.38. The van der Waals surface area contributed by atoms with Gasteiger partial charge in [0.05, 0.1) is 15.6 Å². The molecule has 8 heteroatoms. The van der Waals surface area contributed by atoms with Crippen LogP contribution in [0.1, 0.15) is 21.5 Å². The van der Waals surface area contributed by atoms with Gasteiger partial charge in [0.2, 0.25) is 0 Å². The van der Waals surface area contributed by atoms with Crippen LogP contribution >= 0.6 is 40.2 Å². The maximum Gasteiger partial charge on any atom is 0.257 e. The summed E-state index contributed by atoms with van der Waals surface area (Å²) in [4.78, 5) is 15.5. The van der Waals surface area contributed by atoms with E-state index in [0.29, 0.717) is 33.3 Å². The fourth-order valence-corrected chi connectivity index (χ4v) is 2.63. The van der Waals surface area contributed by atoms with Crippen LogP contribution in [0.5, 0.6) is 0 Å². The Labute approximate surface area is 160 Å². The first kappa shape index (κ1) is 20.4. The van der Waals surface area contributed by atoms with Gasteiger partial charge < -0.3 is 15.4 Å². The predicted molar refractivity (Wildman–Crippen MR) is 98.4 cm³/mol. The first-order valence-corrected chi connectivity index (χ1v) is 7.55. The summed E-state index contributed by atoms with van der Waals surface area (Å²) < 4.78 is 1.69. The minimum atomic E-state index is -0.408. The Kier molecular flexibility index (Phi) is 7.66. The molecule has 1 aromatic heterocycles. The Morgan fingerprint density at radius 2 is 1.83 bits per heavy atom. The van der Waals surface area contributed by atoms with Gasteiger partial charge in [0, 0.05) is 19.7 Å². The van der Waals surface area contributed by atoms with Crippen LogP contribution in [-0.2, 0) is 6.54 Å². The van der Waals surface area contributed by atoms with Gasteiger partial charge in [0.15, 0.2) is 18.9 Å². The molecule has 0 saturated heterocycles. The van der Waals surface area contributed by atoms with E-state index in [1.807, 2.05) is 0 Å². The highest BCUT2D eigenvalue weighted by Gasteiger charge is 2.16. The Morgan fingerprint density at radius 3 is 2.38 bits per heavy atom. The van der Waals surface area contributed by atoms with Crippen LogP contribution in [-0.4, -0.2) is 25.9 Å². The van der Waals surface area contributed by atoms with Crippen molar-refractivity contribution in [3.8, 4) is 0 Å². The first-order chi connectivity index (χ1) is 11.0. The van der Waals surface area contributed by atoms with Crippen LogP contribution in [0.3, 0.4) is 0 Å². The molecular weight excluding hydrogens is 417 g/mol. The van der Waals surface area contributed by atoms with Gasteiger partial charge in [-0.2, -0.15) is 4.57 Å². The number of benzene rings is 1. The van der Waals surface area contributed by atoms with Crippen molar-refractivity contribution in [1.82, 2.24) is 5.32 Å². The maximum atomic E-state index is 11.9. The molecule has 0 saturated carbocycles. The summed E-state index contributed by atoms with van der Waals surface area (Å²) in [5, 5.41) is 15.4. The van der Waals surface area contributed by atoms with Crippen molar-refractivity contribution in [2.24, 2.45) is 4.99 Å². The summed E-state index contributed by atoms with van der Waals surface area (Å²) >= 11 is 12.4. The lowest BCUT2D eigenvalue weighted by atomic mass is 10.1. The normalized spacial score (nSPS) is 10.9. The van der Waals surface area contributed by atoms with E-state index in [1.54, 1.807) is 35.2 Å². The largest absolute Gasteiger partial charge is 0.858 e. The number of amides is 1. The molecule has 1 aromatic carbocycles. The van der Waals surface area contributed by atoms with Crippen LogP contribution in [0.2, 0.25) is 10.0 Å². The second-order valence-corrected chi connectivity index (χ2v) is 5.61. The number of rotatable bonds is 4. The van der Waals surface area contributed by atoms with E-state index in [1.165, 1.54) is 20.2 Å². The number of hydrogen-bond acceptors (Lipinski definition) is 3. The number of nitrogens with one attached hydrogen (secondary N) is 1. The molecule has 2 rings (SSSR count). The van der Waals surface area contributed by atoms with Gasteiger partial charge in [-0.15, -0.1) is 17.0 Å². The highest BCUT2D eigenvalue weighted by molar-refractivity contribution is 8.93. The fraction of sp³-hybridized carbons (Fsp3) is 0.188. The van der Waals surface area contributed by atoms with Gasteiger partial charge in [-0.3, -0.25) is 4.79 Å². The lowest BCUT2D eigenvalue weighted by Gasteiger charge is -2.11. The number of carbonyl (C=O) groups excluding carboxylic acids is 1. The lowest BCUT2D eigenvalue weighted by molar-refractivity contribution is -0.688. The fourth-order valence-electron chi connectivity index (χ4n) is 2.11. The topological polar surface area (TPSA) is 68.4 Å².